The Bertz CT molecular complexity index is 472. The smallest absolute Gasteiger partial charge is 0.256 e. The van der Waals surface area contributed by atoms with Gasteiger partial charge < -0.3 is 16.0 Å². The van der Waals surface area contributed by atoms with Crippen molar-refractivity contribution in [3.8, 4) is 0 Å². The molecule has 1 rings (SSSR count). The van der Waals surface area contributed by atoms with Crippen LogP contribution in [0.15, 0.2) is 18.2 Å². The zero-order valence-corrected chi connectivity index (χ0v) is 10.5. The summed E-state index contributed by atoms with van der Waals surface area (Å²) in [6, 6.07) is 3.12. The highest BCUT2D eigenvalue weighted by molar-refractivity contribution is 5.98. The van der Waals surface area contributed by atoms with Gasteiger partial charge >= 0.3 is 0 Å². The van der Waals surface area contributed by atoms with Crippen molar-refractivity contribution in [1.82, 2.24) is 4.90 Å². The van der Waals surface area contributed by atoms with Gasteiger partial charge in [0, 0.05) is 19.8 Å². The van der Waals surface area contributed by atoms with E-state index in [0.29, 0.717) is 5.69 Å². The fraction of sp³-hybridized carbons (Fsp3) is 0.333. The van der Waals surface area contributed by atoms with Crippen LogP contribution in [0.25, 0.3) is 0 Å². The van der Waals surface area contributed by atoms with E-state index in [0.717, 1.165) is 6.07 Å². The first-order chi connectivity index (χ1) is 8.32. The Morgan fingerprint density at radius 2 is 2.00 bits per heavy atom. The molecule has 98 valence electrons. The van der Waals surface area contributed by atoms with Gasteiger partial charge in [-0.1, -0.05) is 0 Å². The van der Waals surface area contributed by atoms with Gasteiger partial charge in [0.05, 0.1) is 11.6 Å². The Hall–Kier alpha value is -1.95. The molecule has 0 aliphatic rings. The number of nitrogens with one attached hydrogen (secondary N) is 1. The number of amides is 2. The van der Waals surface area contributed by atoms with Crippen LogP contribution in [-0.2, 0) is 4.79 Å². The molecule has 0 bridgehead atoms. The molecule has 6 heteroatoms. The molecule has 0 fully saturated rings. The molecule has 0 spiro atoms. The maximum Gasteiger partial charge on any atom is 0.256 e. The summed E-state index contributed by atoms with van der Waals surface area (Å²) in [7, 11) is 3.05. The second kappa shape index (κ2) is 5.59. The van der Waals surface area contributed by atoms with Gasteiger partial charge in [0.2, 0.25) is 5.91 Å². The second-order valence-corrected chi connectivity index (χ2v) is 4.17. The van der Waals surface area contributed by atoms with Crippen LogP contribution in [0.3, 0.4) is 0 Å². The van der Waals surface area contributed by atoms with Gasteiger partial charge in [-0.05, 0) is 25.1 Å². The monoisotopic (exact) mass is 253 g/mol. The first kappa shape index (κ1) is 14.1. The summed E-state index contributed by atoms with van der Waals surface area (Å²) < 4.78 is 13.5. The number of carbonyl (C=O) groups excluding carboxylic acids is 2. The van der Waals surface area contributed by atoms with Crippen molar-refractivity contribution in [2.24, 2.45) is 5.73 Å². The third-order valence-corrected chi connectivity index (χ3v) is 2.28. The zero-order chi connectivity index (χ0) is 13.9. The van der Waals surface area contributed by atoms with E-state index >= 15 is 0 Å². The van der Waals surface area contributed by atoms with Crippen molar-refractivity contribution in [1.29, 1.82) is 0 Å². The van der Waals surface area contributed by atoms with Crippen molar-refractivity contribution in [3.05, 3.63) is 29.6 Å². The Morgan fingerprint density at radius 3 is 2.50 bits per heavy atom. The maximum absolute atomic E-state index is 13.5. The molecule has 1 aromatic carbocycles. The van der Waals surface area contributed by atoms with Crippen molar-refractivity contribution in [2.75, 3.05) is 19.4 Å². The summed E-state index contributed by atoms with van der Waals surface area (Å²) in [5, 5.41) is 2.50. The van der Waals surface area contributed by atoms with Crippen LogP contribution in [0, 0.1) is 5.82 Å². The Balaban J connectivity index is 3.01. The molecule has 0 heterocycles. The number of benzene rings is 1. The number of nitrogens with zero attached hydrogens (tertiary/aromatic N) is 1. The van der Waals surface area contributed by atoms with Crippen LogP contribution in [0.2, 0.25) is 0 Å². The number of anilines is 1. The average molecular weight is 253 g/mol. The van der Waals surface area contributed by atoms with E-state index in [1.54, 1.807) is 0 Å². The molecule has 0 unspecified atom stereocenters. The van der Waals surface area contributed by atoms with E-state index in [1.165, 1.54) is 38.1 Å². The molecule has 0 aliphatic carbocycles. The summed E-state index contributed by atoms with van der Waals surface area (Å²) in [5.74, 6) is -1.50. The summed E-state index contributed by atoms with van der Waals surface area (Å²) in [5.41, 5.74) is 5.64. The molecule has 0 saturated heterocycles. The number of hydrogen-bond acceptors (Lipinski definition) is 3. The third-order valence-electron chi connectivity index (χ3n) is 2.28. The number of carbonyl (C=O) groups is 2. The lowest BCUT2D eigenvalue weighted by molar-refractivity contribution is -0.117. The van der Waals surface area contributed by atoms with Gasteiger partial charge in [0.15, 0.2) is 0 Å². The molecule has 18 heavy (non-hydrogen) atoms. The first-order valence-electron chi connectivity index (χ1n) is 5.40. The summed E-state index contributed by atoms with van der Waals surface area (Å²) >= 11 is 0. The van der Waals surface area contributed by atoms with Crippen molar-refractivity contribution in [3.63, 3.8) is 0 Å². The summed E-state index contributed by atoms with van der Waals surface area (Å²) in [6.07, 6.45) is 0. The number of nitrogens with two attached hydrogens (primary N) is 1. The highest BCUT2D eigenvalue weighted by atomic mass is 19.1. The Morgan fingerprint density at radius 1 is 1.39 bits per heavy atom. The van der Waals surface area contributed by atoms with E-state index in [4.69, 9.17) is 5.73 Å². The lowest BCUT2D eigenvalue weighted by Gasteiger charge is -2.13. The highest BCUT2D eigenvalue weighted by Gasteiger charge is 2.15. The molecule has 0 saturated carbocycles. The second-order valence-electron chi connectivity index (χ2n) is 4.17. The minimum Gasteiger partial charge on any atom is -0.345 e. The normalized spacial score (nSPS) is 11.8. The largest absolute Gasteiger partial charge is 0.345 e. The van der Waals surface area contributed by atoms with Crippen molar-refractivity contribution in [2.45, 2.75) is 13.0 Å². The molecule has 2 amide bonds. The fourth-order valence-electron chi connectivity index (χ4n) is 1.26. The van der Waals surface area contributed by atoms with Gasteiger partial charge in [-0.25, -0.2) is 4.39 Å². The van der Waals surface area contributed by atoms with Crippen molar-refractivity contribution < 1.29 is 14.0 Å². The molecule has 3 N–H and O–H groups in total. The summed E-state index contributed by atoms with van der Waals surface area (Å²) in [6.45, 7) is 1.53. The molecule has 0 aliphatic heterocycles. The van der Waals surface area contributed by atoms with Crippen LogP contribution < -0.4 is 11.1 Å². The quantitative estimate of drug-likeness (QED) is 0.837. The van der Waals surface area contributed by atoms with Crippen LogP contribution in [0.1, 0.15) is 17.3 Å². The number of halogens is 1. The molecule has 0 aromatic heterocycles. The van der Waals surface area contributed by atoms with E-state index in [2.05, 4.69) is 5.32 Å². The van der Waals surface area contributed by atoms with E-state index < -0.39 is 23.7 Å². The number of rotatable bonds is 3. The minimum atomic E-state index is -0.678. The summed E-state index contributed by atoms with van der Waals surface area (Å²) in [4.78, 5) is 24.3. The van der Waals surface area contributed by atoms with Gasteiger partial charge in [0.25, 0.3) is 5.91 Å². The minimum absolute atomic E-state index is 0.0949. The fourth-order valence-corrected chi connectivity index (χ4v) is 1.26. The lowest BCUT2D eigenvalue weighted by atomic mass is 10.1. The highest BCUT2D eigenvalue weighted by Crippen LogP contribution is 2.16. The molecule has 5 nitrogen and oxygen atoms in total. The molecule has 1 atom stereocenters. The van der Waals surface area contributed by atoms with Gasteiger partial charge in [-0.2, -0.15) is 0 Å². The van der Waals surface area contributed by atoms with Crippen LogP contribution in [0.4, 0.5) is 10.1 Å². The average Bonchev–Trinajstić information content (AvgIpc) is 2.30. The molecule has 1 aromatic rings. The van der Waals surface area contributed by atoms with Crippen LogP contribution in [0.5, 0.6) is 0 Å². The van der Waals surface area contributed by atoms with Crippen LogP contribution in [-0.4, -0.2) is 36.9 Å². The topological polar surface area (TPSA) is 75.4 Å². The predicted octanol–water partition coefficient (Wildman–Crippen LogP) is 0.813. The lowest BCUT2D eigenvalue weighted by Crippen LogP contribution is -2.32. The molecule has 0 radical (unpaired) electrons. The van der Waals surface area contributed by atoms with Crippen LogP contribution >= 0.6 is 0 Å². The van der Waals surface area contributed by atoms with Crippen molar-refractivity contribution >= 4 is 17.5 Å². The molecular weight excluding hydrogens is 237 g/mol. The van der Waals surface area contributed by atoms with Gasteiger partial charge in [-0.3, -0.25) is 9.59 Å². The standard InChI is InChI=1S/C12H16FN3O2/c1-7(14)11(17)15-8-4-5-10(13)9(6-8)12(18)16(2)3/h4-7H,14H2,1-3H3,(H,15,17)/t7-/m1/s1. The number of hydrogen-bond donors (Lipinski definition) is 2. The SMILES string of the molecule is C[C@@H](N)C(=O)Nc1ccc(F)c(C(=O)N(C)C)c1. The molecular formula is C12H16FN3O2. The Kier molecular flexibility index (Phi) is 4.38. The first-order valence-corrected chi connectivity index (χ1v) is 5.40. The zero-order valence-electron chi connectivity index (χ0n) is 10.5. The maximum atomic E-state index is 13.5. The third kappa shape index (κ3) is 3.27. The predicted molar refractivity (Wildman–Crippen MR) is 66.7 cm³/mol. The van der Waals surface area contributed by atoms with E-state index in [1.807, 2.05) is 0 Å². The van der Waals surface area contributed by atoms with Gasteiger partial charge in [0.1, 0.15) is 5.82 Å². The van der Waals surface area contributed by atoms with E-state index in [-0.39, 0.29) is 5.56 Å². The van der Waals surface area contributed by atoms with E-state index in [9.17, 15) is 14.0 Å². The van der Waals surface area contributed by atoms with Gasteiger partial charge in [-0.15, -0.1) is 0 Å². The Labute approximate surface area is 105 Å².